The molecule has 1 aromatic carbocycles. The Bertz CT molecular complexity index is 899. The third-order valence-electron chi connectivity index (χ3n) is 3.11. The number of thiophene rings is 1. The number of hydrogen-bond acceptors (Lipinski definition) is 4. The highest BCUT2D eigenvalue weighted by atomic mass is 35.5. The third-order valence-corrected chi connectivity index (χ3v) is 6.24. The minimum atomic E-state index is -3.56. The summed E-state index contributed by atoms with van der Waals surface area (Å²) < 4.78 is 29.4. The van der Waals surface area contributed by atoms with Crippen LogP contribution in [0.1, 0.15) is 5.82 Å². The van der Waals surface area contributed by atoms with E-state index in [9.17, 15) is 8.42 Å². The predicted octanol–water partition coefficient (Wildman–Crippen LogP) is 2.77. The summed E-state index contributed by atoms with van der Waals surface area (Å²) in [7, 11) is -1.70. The maximum absolute atomic E-state index is 12.1. The van der Waals surface area contributed by atoms with Gasteiger partial charge in [0.05, 0.1) is 21.9 Å². The Morgan fingerprint density at radius 3 is 2.71 bits per heavy atom. The number of nitrogens with zero attached hydrogens (tertiary/aromatic N) is 2. The molecule has 21 heavy (non-hydrogen) atoms. The molecular weight excluding hydrogens is 330 g/mol. The number of imidazole rings is 1. The molecule has 0 bridgehead atoms. The van der Waals surface area contributed by atoms with E-state index in [2.05, 4.69) is 9.71 Å². The summed E-state index contributed by atoms with van der Waals surface area (Å²) >= 11 is 6.80. The second-order valence-corrected chi connectivity index (χ2v) is 8.17. The predicted molar refractivity (Wildman–Crippen MR) is 84.1 cm³/mol. The van der Waals surface area contributed by atoms with Crippen LogP contribution in [0.5, 0.6) is 0 Å². The number of nitrogens with one attached hydrogen (secondary N) is 1. The summed E-state index contributed by atoms with van der Waals surface area (Å²) in [5.41, 5.74) is 1.80. The van der Waals surface area contributed by atoms with Gasteiger partial charge in [-0.3, -0.25) is 0 Å². The van der Waals surface area contributed by atoms with Crippen molar-refractivity contribution in [2.45, 2.75) is 10.8 Å². The van der Waals surface area contributed by atoms with Crippen LogP contribution in [0.3, 0.4) is 0 Å². The first-order valence-electron chi connectivity index (χ1n) is 6.13. The van der Waals surface area contributed by atoms with Gasteiger partial charge in [0, 0.05) is 7.05 Å². The molecule has 0 amide bonds. The number of fused-ring (bicyclic) bond motifs is 1. The molecular formula is C13H12ClN3O2S2. The van der Waals surface area contributed by atoms with Crippen molar-refractivity contribution >= 4 is 44.0 Å². The molecule has 2 aromatic heterocycles. The van der Waals surface area contributed by atoms with Crippen molar-refractivity contribution < 1.29 is 8.42 Å². The molecule has 0 fully saturated rings. The van der Waals surface area contributed by atoms with Crippen LogP contribution in [0.4, 0.5) is 0 Å². The second kappa shape index (κ2) is 5.42. The molecule has 0 radical (unpaired) electrons. The van der Waals surface area contributed by atoms with E-state index >= 15 is 0 Å². The van der Waals surface area contributed by atoms with Gasteiger partial charge in [-0.1, -0.05) is 23.7 Å². The average molecular weight is 342 g/mol. The van der Waals surface area contributed by atoms with Crippen LogP contribution in [-0.4, -0.2) is 18.0 Å². The summed E-state index contributed by atoms with van der Waals surface area (Å²) in [6, 6.07) is 10.7. The number of aryl methyl sites for hydroxylation is 1. The molecule has 110 valence electrons. The zero-order valence-corrected chi connectivity index (χ0v) is 13.5. The van der Waals surface area contributed by atoms with Crippen LogP contribution in [-0.2, 0) is 23.6 Å². The highest BCUT2D eigenvalue weighted by Gasteiger charge is 2.17. The van der Waals surface area contributed by atoms with Gasteiger partial charge in [-0.15, -0.1) is 11.3 Å². The molecule has 0 spiro atoms. The summed E-state index contributed by atoms with van der Waals surface area (Å²) in [6.45, 7) is 0.128. The first-order chi connectivity index (χ1) is 9.97. The summed E-state index contributed by atoms with van der Waals surface area (Å²) in [5.74, 6) is 0.655. The zero-order chi connectivity index (χ0) is 15.0. The van der Waals surface area contributed by atoms with E-state index in [0.29, 0.717) is 10.2 Å². The smallest absolute Gasteiger partial charge is 0.250 e. The minimum Gasteiger partial charge on any atom is -0.330 e. The molecule has 0 saturated carbocycles. The Balaban J connectivity index is 1.85. The quantitative estimate of drug-likeness (QED) is 0.793. The lowest BCUT2D eigenvalue weighted by molar-refractivity contribution is 0.580. The van der Waals surface area contributed by atoms with E-state index in [1.165, 1.54) is 6.07 Å². The minimum absolute atomic E-state index is 0.128. The van der Waals surface area contributed by atoms with Crippen LogP contribution < -0.4 is 4.72 Å². The zero-order valence-electron chi connectivity index (χ0n) is 11.1. The summed E-state index contributed by atoms with van der Waals surface area (Å²) in [4.78, 5) is 4.43. The van der Waals surface area contributed by atoms with Gasteiger partial charge < -0.3 is 4.57 Å². The number of sulfonamides is 1. The lowest BCUT2D eigenvalue weighted by atomic mass is 10.3. The van der Waals surface area contributed by atoms with E-state index in [0.717, 1.165) is 22.4 Å². The highest BCUT2D eigenvalue weighted by Crippen LogP contribution is 2.25. The van der Waals surface area contributed by atoms with Crippen molar-refractivity contribution in [2.24, 2.45) is 7.05 Å². The first kappa shape index (κ1) is 14.5. The van der Waals surface area contributed by atoms with Crippen molar-refractivity contribution in [1.29, 1.82) is 0 Å². The van der Waals surface area contributed by atoms with E-state index in [-0.39, 0.29) is 10.8 Å². The Morgan fingerprint density at radius 1 is 1.29 bits per heavy atom. The molecule has 5 nitrogen and oxygen atoms in total. The van der Waals surface area contributed by atoms with Gasteiger partial charge in [0.15, 0.2) is 0 Å². The van der Waals surface area contributed by atoms with Crippen molar-refractivity contribution in [3.8, 4) is 0 Å². The lowest BCUT2D eigenvalue weighted by Gasteiger charge is -2.05. The van der Waals surface area contributed by atoms with E-state index in [4.69, 9.17) is 11.6 Å². The van der Waals surface area contributed by atoms with Gasteiger partial charge in [0.2, 0.25) is 0 Å². The lowest BCUT2D eigenvalue weighted by Crippen LogP contribution is -2.24. The fourth-order valence-electron chi connectivity index (χ4n) is 2.03. The Labute approximate surface area is 131 Å². The number of halogens is 1. The van der Waals surface area contributed by atoms with Crippen molar-refractivity contribution in [3.05, 3.63) is 46.6 Å². The molecule has 2 heterocycles. The Morgan fingerprint density at radius 2 is 2.05 bits per heavy atom. The van der Waals surface area contributed by atoms with Gasteiger partial charge in [-0.25, -0.2) is 18.1 Å². The molecule has 0 unspecified atom stereocenters. The van der Waals surface area contributed by atoms with E-state index in [1.807, 2.05) is 35.9 Å². The molecule has 0 atom stereocenters. The molecule has 0 aliphatic heterocycles. The van der Waals surface area contributed by atoms with Crippen LogP contribution >= 0.6 is 22.9 Å². The van der Waals surface area contributed by atoms with Crippen LogP contribution in [0.25, 0.3) is 11.0 Å². The Hall–Kier alpha value is -1.41. The fourth-order valence-corrected chi connectivity index (χ4v) is 4.53. The first-order valence-corrected chi connectivity index (χ1v) is 8.80. The van der Waals surface area contributed by atoms with Crippen LogP contribution in [0.2, 0.25) is 4.34 Å². The van der Waals surface area contributed by atoms with E-state index < -0.39 is 10.0 Å². The van der Waals surface area contributed by atoms with Crippen molar-refractivity contribution in [3.63, 3.8) is 0 Å². The van der Waals surface area contributed by atoms with Gasteiger partial charge in [0.25, 0.3) is 10.0 Å². The van der Waals surface area contributed by atoms with Gasteiger partial charge in [0.1, 0.15) is 10.0 Å². The Kier molecular flexibility index (Phi) is 3.75. The summed E-state index contributed by atoms with van der Waals surface area (Å²) in [5, 5.41) is 0. The topological polar surface area (TPSA) is 64.0 Å². The molecule has 0 aliphatic rings. The van der Waals surface area contributed by atoms with Crippen LogP contribution in [0, 0.1) is 0 Å². The van der Waals surface area contributed by atoms with E-state index in [1.54, 1.807) is 6.07 Å². The molecule has 3 aromatic rings. The third kappa shape index (κ3) is 2.82. The molecule has 0 saturated heterocycles. The normalized spacial score (nSPS) is 12.1. The number of benzene rings is 1. The number of hydrogen-bond donors (Lipinski definition) is 1. The molecule has 3 rings (SSSR count). The highest BCUT2D eigenvalue weighted by molar-refractivity contribution is 7.91. The largest absolute Gasteiger partial charge is 0.330 e. The second-order valence-electron chi connectivity index (χ2n) is 4.46. The van der Waals surface area contributed by atoms with Gasteiger partial charge in [-0.2, -0.15) is 0 Å². The maximum Gasteiger partial charge on any atom is 0.250 e. The maximum atomic E-state index is 12.1. The molecule has 0 aliphatic carbocycles. The monoisotopic (exact) mass is 341 g/mol. The summed E-state index contributed by atoms with van der Waals surface area (Å²) in [6.07, 6.45) is 0. The SMILES string of the molecule is Cn1c(CNS(=O)(=O)c2ccc(Cl)s2)nc2ccccc21. The van der Waals surface area contributed by atoms with Crippen molar-refractivity contribution in [1.82, 2.24) is 14.3 Å². The fraction of sp³-hybridized carbons (Fsp3) is 0.154. The molecule has 1 N–H and O–H groups in total. The standard InChI is InChI=1S/C13H12ClN3O2S2/c1-17-10-5-3-2-4-9(10)16-12(17)8-15-21(18,19)13-7-6-11(14)20-13/h2-7,15H,8H2,1H3. The average Bonchev–Trinajstić information content (AvgIpc) is 3.02. The number of rotatable bonds is 4. The van der Waals surface area contributed by atoms with Gasteiger partial charge >= 0.3 is 0 Å². The molecule has 8 heteroatoms. The van der Waals surface area contributed by atoms with Crippen molar-refractivity contribution in [2.75, 3.05) is 0 Å². The van der Waals surface area contributed by atoms with Crippen LogP contribution in [0.15, 0.2) is 40.6 Å². The number of para-hydroxylation sites is 2. The number of aromatic nitrogens is 2. The van der Waals surface area contributed by atoms with Gasteiger partial charge in [-0.05, 0) is 24.3 Å².